The van der Waals surface area contributed by atoms with Crippen LogP contribution in [0, 0.1) is 13.7 Å². The van der Waals surface area contributed by atoms with Crippen LogP contribution in [0.4, 0.5) is 11.4 Å². The average molecular weight is 521 g/mol. The Labute approximate surface area is 187 Å². The molecule has 2 atom stereocenters. The number of nitrogens with zero attached hydrogens (tertiary/aromatic N) is 3. The molecule has 0 N–H and O–H groups in total. The summed E-state index contributed by atoms with van der Waals surface area (Å²) in [7, 11) is 0. The molecule has 3 rings (SSSR count). The second-order valence-corrected chi connectivity index (χ2v) is 8.29. The number of nitro groups is 1. The molecular weight excluding hydrogens is 501 g/mol. The predicted octanol–water partition coefficient (Wildman–Crippen LogP) is 3.77. The van der Waals surface area contributed by atoms with Crippen molar-refractivity contribution in [3.05, 3.63) is 67.8 Å². The smallest absolute Gasteiger partial charge is 0.270 e. The molecule has 2 aromatic carbocycles. The number of non-ortho nitro benzene ring substituents is 1. The first-order valence-corrected chi connectivity index (χ1v) is 10.5. The van der Waals surface area contributed by atoms with E-state index in [1.54, 1.807) is 31.2 Å². The molecule has 1 saturated heterocycles. The molecule has 1 heterocycles. The fraction of sp³-hybridized carbons (Fsp3) is 0.286. The summed E-state index contributed by atoms with van der Waals surface area (Å²) < 4.78 is 0.967. The Hall–Kier alpha value is -2.82. The first-order valence-electron chi connectivity index (χ1n) is 9.44. The summed E-state index contributed by atoms with van der Waals surface area (Å²) in [5.41, 5.74) is 0.358. The lowest BCUT2D eigenvalue weighted by molar-refractivity contribution is -0.384. The van der Waals surface area contributed by atoms with E-state index in [1.165, 1.54) is 29.2 Å². The molecule has 1 fully saturated rings. The standard InChI is InChI=1S/C21H20IN3O5/c1-3-13(2)23(20(27)14-5-4-6-17(11-14)25(29)30)18-12-19(26)24(21(18)28)16-9-7-15(22)8-10-16/h4-11,13,18H,3,12H2,1-2H3. The molecule has 1 aliphatic rings. The summed E-state index contributed by atoms with van der Waals surface area (Å²) in [6.07, 6.45) is 0.429. The van der Waals surface area contributed by atoms with Gasteiger partial charge in [0.15, 0.2) is 0 Å². The van der Waals surface area contributed by atoms with Crippen molar-refractivity contribution in [2.45, 2.75) is 38.8 Å². The Balaban J connectivity index is 1.96. The zero-order valence-electron chi connectivity index (χ0n) is 16.4. The predicted molar refractivity (Wildman–Crippen MR) is 119 cm³/mol. The van der Waals surface area contributed by atoms with Gasteiger partial charge in [-0.25, -0.2) is 4.90 Å². The number of carbonyl (C=O) groups is 3. The van der Waals surface area contributed by atoms with Crippen LogP contribution < -0.4 is 4.90 Å². The summed E-state index contributed by atoms with van der Waals surface area (Å²) in [5, 5.41) is 11.1. The fourth-order valence-electron chi connectivity index (χ4n) is 3.44. The van der Waals surface area contributed by atoms with Crippen molar-refractivity contribution in [2.75, 3.05) is 4.90 Å². The molecule has 0 aromatic heterocycles. The van der Waals surface area contributed by atoms with Crippen LogP contribution in [-0.4, -0.2) is 39.6 Å². The summed E-state index contributed by atoms with van der Waals surface area (Å²) in [5.74, 6) is -1.37. The van der Waals surface area contributed by atoms with Crippen molar-refractivity contribution >= 4 is 51.7 Å². The van der Waals surface area contributed by atoms with Gasteiger partial charge in [0.1, 0.15) is 6.04 Å². The van der Waals surface area contributed by atoms with Gasteiger partial charge in [0.2, 0.25) is 5.91 Å². The van der Waals surface area contributed by atoms with Crippen molar-refractivity contribution in [3.8, 4) is 0 Å². The largest absolute Gasteiger partial charge is 0.323 e. The van der Waals surface area contributed by atoms with Gasteiger partial charge >= 0.3 is 0 Å². The molecule has 0 radical (unpaired) electrons. The van der Waals surface area contributed by atoms with Gasteiger partial charge in [0.25, 0.3) is 17.5 Å². The summed E-state index contributed by atoms with van der Waals surface area (Å²) in [6, 6.07) is 11.1. The van der Waals surface area contributed by atoms with Crippen LogP contribution in [0.1, 0.15) is 37.0 Å². The van der Waals surface area contributed by atoms with Gasteiger partial charge < -0.3 is 4.90 Å². The molecule has 3 amide bonds. The highest BCUT2D eigenvalue weighted by molar-refractivity contribution is 14.1. The molecule has 0 aliphatic carbocycles. The molecule has 2 unspecified atom stereocenters. The van der Waals surface area contributed by atoms with E-state index >= 15 is 0 Å². The Kier molecular flexibility index (Phi) is 6.49. The number of imide groups is 1. The summed E-state index contributed by atoms with van der Waals surface area (Å²) >= 11 is 2.13. The zero-order chi connectivity index (χ0) is 22.0. The lowest BCUT2D eigenvalue weighted by Crippen LogP contribution is -2.49. The fourth-order valence-corrected chi connectivity index (χ4v) is 3.80. The molecule has 1 aliphatic heterocycles. The maximum absolute atomic E-state index is 13.3. The van der Waals surface area contributed by atoms with Crippen LogP contribution in [0.25, 0.3) is 0 Å². The quantitative estimate of drug-likeness (QED) is 0.249. The molecule has 8 nitrogen and oxygen atoms in total. The molecule has 9 heteroatoms. The molecular formula is C21H20IN3O5. The minimum absolute atomic E-state index is 0.109. The van der Waals surface area contributed by atoms with E-state index < -0.39 is 22.8 Å². The topological polar surface area (TPSA) is 101 Å². The molecule has 0 spiro atoms. The molecule has 0 bridgehead atoms. The Morgan fingerprint density at radius 1 is 1.27 bits per heavy atom. The van der Waals surface area contributed by atoms with Crippen molar-refractivity contribution < 1.29 is 19.3 Å². The Morgan fingerprint density at radius 3 is 2.53 bits per heavy atom. The van der Waals surface area contributed by atoms with E-state index in [1.807, 2.05) is 6.92 Å². The molecule has 156 valence electrons. The second kappa shape index (κ2) is 8.90. The molecule has 30 heavy (non-hydrogen) atoms. The maximum atomic E-state index is 13.3. The van der Waals surface area contributed by atoms with E-state index in [2.05, 4.69) is 22.6 Å². The number of nitro benzene ring substituents is 1. The Bertz CT molecular complexity index is 1010. The summed E-state index contributed by atoms with van der Waals surface area (Å²) in [4.78, 5) is 52.1. The van der Waals surface area contributed by atoms with Gasteiger partial charge in [-0.3, -0.25) is 24.5 Å². The number of anilines is 1. The van der Waals surface area contributed by atoms with Gasteiger partial charge in [-0.15, -0.1) is 0 Å². The number of benzene rings is 2. The van der Waals surface area contributed by atoms with E-state index in [-0.39, 0.29) is 29.6 Å². The normalized spacial score (nSPS) is 17.2. The Morgan fingerprint density at radius 2 is 1.93 bits per heavy atom. The highest BCUT2D eigenvalue weighted by Crippen LogP contribution is 2.29. The lowest BCUT2D eigenvalue weighted by Gasteiger charge is -2.32. The highest BCUT2D eigenvalue weighted by atomic mass is 127. The number of hydrogen-bond donors (Lipinski definition) is 0. The molecule has 0 saturated carbocycles. The monoisotopic (exact) mass is 521 g/mol. The summed E-state index contributed by atoms with van der Waals surface area (Å²) in [6.45, 7) is 3.66. The van der Waals surface area contributed by atoms with Gasteiger partial charge in [0.05, 0.1) is 17.0 Å². The average Bonchev–Trinajstić information content (AvgIpc) is 3.02. The van der Waals surface area contributed by atoms with Crippen LogP contribution in [0.15, 0.2) is 48.5 Å². The third-order valence-corrected chi connectivity index (χ3v) is 5.87. The third kappa shape index (κ3) is 4.20. The van der Waals surface area contributed by atoms with Gasteiger partial charge in [-0.2, -0.15) is 0 Å². The SMILES string of the molecule is CCC(C)N(C(=O)c1cccc([N+](=O)[O-])c1)C1CC(=O)N(c2ccc(I)cc2)C1=O. The van der Waals surface area contributed by atoms with E-state index in [0.717, 1.165) is 8.47 Å². The minimum atomic E-state index is -0.960. The van der Waals surface area contributed by atoms with E-state index in [4.69, 9.17) is 0 Å². The molecule has 2 aromatic rings. The van der Waals surface area contributed by atoms with Crippen LogP contribution >= 0.6 is 22.6 Å². The number of carbonyl (C=O) groups excluding carboxylic acids is 3. The van der Waals surface area contributed by atoms with Crippen molar-refractivity contribution in [3.63, 3.8) is 0 Å². The highest BCUT2D eigenvalue weighted by Gasteiger charge is 2.45. The van der Waals surface area contributed by atoms with Crippen LogP contribution in [0.2, 0.25) is 0 Å². The first kappa shape index (κ1) is 21.9. The number of hydrogen-bond acceptors (Lipinski definition) is 5. The zero-order valence-corrected chi connectivity index (χ0v) is 18.6. The second-order valence-electron chi connectivity index (χ2n) is 7.04. The van der Waals surface area contributed by atoms with Crippen LogP contribution in [-0.2, 0) is 9.59 Å². The van der Waals surface area contributed by atoms with Gasteiger partial charge in [-0.05, 0) is 66.3 Å². The number of halogens is 1. The first-order chi connectivity index (χ1) is 14.2. The van der Waals surface area contributed by atoms with Crippen LogP contribution in [0.5, 0.6) is 0 Å². The van der Waals surface area contributed by atoms with Gasteiger partial charge in [-0.1, -0.05) is 13.0 Å². The van der Waals surface area contributed by atoms with Crippen molar-refractivity contribution in [2.24, 2.45) is 0 Å². The minimum Gasteiger partial charge on any atom is -0.323 e. The van der Waals surface area contributed by atoms with E-state index in [9.17, 15) is 24.5 Å². The van der Waals surface area contributed by atoms with Crippen LogP contribution in [0.3, 0.4) is 0 Å². The van der Waals surface area contributed by atoms with Crippen molar-refractivity contribution in [1.29, 1.82) is 0 Å². The van der Waals surface area contributed by atoms with Crippen molar-refractivity contribution in [1.82, 2.24) is 4.90 Å². The van der Waals surface area contributed by atoms with Gasteiger partial charge in [0, 0.05) is 27.3 Å². The maximum Gasteiger partial charge on any atom is 0.270 e. The van der Waals surface area contributed by atoms with E-state index in [0.29, 0.717) is 12.1 Å². The number of amides is 3. The number of rotatable bonds is 6. The third-order valence-electron chi connectivity index (χ3n) is 5.15. The lowest BCUT2D eigenvalue weighted by atomic mass is 10.1.